The fourth-order valence-corrected chi connectivity index (χ4v) is 8.63. The second-order valence-corrected chi connectivity index (χ2v) is 16.9. The molecule has 14 nitrogen and oxygen atoms in total. The number of benzene rings is 4. The van der Waals surface area contributed by atoms with E-state index < -0.39 is 104 Å². The van der Waals surface area contributed by atoms with Gasteiger partial charge in [0.1, 0.15) is 54.9 Å². The first-order valence-corrected chi connectivity index (χ1v) is 22.2. The third kappa shape index (κ3) is 12.4. The van der Waals surface area contributed by atoms with E-state index in [1.165, 1.54) is 6.92 Å². The number of hydrogen-bond donors (Lipinski definition) is 4. The van der Waals surface area contributed by atoms with Gasteiger partial charge in [-0.1, -0.05) is 128 Å². The van der Waals surface area contributed by atoms with Crippen molar-refractivity contribution in [2.45, 2.75) is 140 Å². The zero-order chi connectivity index (χ0) is 45.0. The Hall–Kier alpha value is -4.13. The van der Waals surface area contributed by atoms with Crippen molar-refractivity contribution < 1.29 is 62.7 Å². The van der Waals surface area contributed by atoms with Gasteiger partial charge in [-0.2, -0.15) is 0 Å². The van der Waals surface area contributed by atoms with Gasteiger partial charge in [0.2, 0.25) is 5.91 Å². The molecule has 0 spiro atoms. The summed E-state index contributed by atoms with van der Waals surface area (Å²) in [5.74, 6) is -0.919. The summed E-state index contributed by atoms with van der Waals surface area (Å²) in [6.45, 7) is 7.74. The Labute approximate surface area is 375 Å². The largest absolute Gasteiger partial charge is 0.394 e. The Morgan fingerprint density at radius 1 is 0.547 bits per heavy atom. The van der Waals surface area contributed by atoms with Crippen LogP contribution in [0, 0.1) is 5.92 Å². The zero-order valence-electron chi connectivity index (χ0n) is 36.9. The SMILES string of the molecule is CC(=O)NC1[C@H](OC2[C@H](C)OC(C)[C@H](OCc3ccccc3)[C@H]2O[C@H]2O[C@H](COCc3ccccc3)[C@@H](OCc3ccccc3)C(OCc3ccccc3)C2C)OC(CO)[C@H](O)[C@@H]1O. The third-order valence-corrected chi connectivity index (χ3v) is 12.0. The molecule has 4 aromatic carbocycles. The first kappa shape index (κ1) is 47.8. The molecule has 14 heteroatoms. The van der Waals surface area contributed by atoms with Crippen molar-refractivity contribution in [1.29, 1.82) is 0 Å². The lowest BCUT2D eigenvalue weighted by Crippen LogP contribution is -2.68. The minimum Gasteiger partial charge on any atom is -0.394 e. The van der Waals surface area contributed by atoms with E-state index in [0.717, 1.165) is 22.3 Å². The fraction of sp³-hybridized carbons (Fsp3) is 0.500. The topological polar surface area (TPSA) is 173 Å². The molecule has 0 saturated carbocycles. The molecule has 0 aliphatic carbocycles. The zero-order valence-corrected chi connectivity index (χ0v) is 36.9. The number of carbonyl (C=O) groups excluding carboxylic acids is 1. The molecule has 3 saturated heterocycles. The standard InChI is InChI=1S/C50H63NO13/c1-31-44(57-27-36-19-11-6-12-20-36)47(59-29-38-23-15-8-16-24-38)40(30-56-26-35-17-9-5-10-18-35)62-49(31)64-48-45(58-28-37-21-13-7-14-22-37)32(2)60-33(3)46(48)63-50-41(51-34(4)53)43(55)42(54)39(25-52)61-50/h5-24,31-33,39-50,52,54-55H,25-30H2,1-4H3,(H,51,53)/t31?,32?,33-,39?,40+,41?,42-,43+,44?,45-,46?,47+,48+,49+,50-/m0/s1. The van der Waals surface area contributed by atoms with E-state index >= 15 is 0 Å². The van der Waals surface area contributed by atoms with Crippen LogP contribution in [-0.4, -0.2) is 120 Å². The molecular formula is C50H63NO13. The molecule has 3 aliphatic heterocycles. The highest BCUT2D eigenvalue weighted by molar-refractivity contribution is 5.73. The van der Waals surface area contributed by atoms with Crippen molar-refractivity contribution in [2.75, 3.05) is 13.2 Å². The summed E-state index contributed by atoms with van der Waals surface area (Å²) in [5, 5.41) is 34.8. The monoisotopic (exact) mass is 885 g/mol. The van der Waals surface area contributed by atoms with E-state index in [-0.39, 0.29) is 13.2 Å². The van der Waals surface area contributed by atoms with Crippen LogP contribution in [0.5, 0.6) is 0 Å². The molecule has 6 unspecified atom stereocenters. The lowest BCUT2D eigenvalue weighted by molar-refractivity contribution is -0.362. The van der Waals surface area contributed by atoms with Gasteiger partial charge in [-0.05, 0) is 36.1 Å². The molecule has 346 valence electrons. The number of rotatable bonds is 19. The quantitative estimate of drug-likeness (QED) is 0.101. The average Bonchev–Trinajstić information content (AvgIpc) is 3.30. The van der Waals surface area contributed by atoms with E-state index in [1.807, 2.05) is 142 Å². The van der Waals surface area contributed by atoms with Gasteiger partial charge in [0.25, 0.3) is 0 Å². The van der Waals surface area contributed by atoms with Gasteiger partial charge < -0.3 is 63.3 Å². The van der Waals surface area contributed by atoms with Gasteiger partial charge in [-0.15, -0.1) is 0 Å². The number of aliphatic hydroxyl groups is 3. The molecule has 7 rings (SSSR count). The maximum atomic E-state index is 12.4. The molecule has 1 amide bonds. The van der Waals surface area contributed by atoms with Crippen LogP contribution in [0.3, 0.4) is 0 Å². The van der Waals surface area contributed by atoms with Crippen LogP contribution in [0.15, 0.2) is 121 Å². The van der Waals surface area contributed by atoms with Crippen molar-refractivity contribution in [3.63, 3.8) is 0 Å². The fourth-order valence-electron chi connectivity index (χ4n) is 8.63. The summed E-state index contributed by atoms with van der Waals surface area (Å²) in [4.78, 5) is 12.4. The number of amides is 1. The molecule has 4 aromatic rings. The number of ether oxygens (including phenoxy) is 9. The van der Waals surface area contributed by atoms with Gasteiger partial charge in [0.05, 0.1) is 58.0 Å². The van der Waals surface area contributed by atoms with E-state index in [9.17, 15) is 20.1 Å². The number of hydrogen-bond acceptors (Lipinski definition) is 13. The van der Waals surface area contributed by atoms with Crippen LogP contribution < -0.4 is 5.32 Å². The molecule has 64 heavy (non-hydrogen) atoms. The van der Waals surface area contributed by atoms with Crippen LogP contribution in [0.1, 0.15) is 49.9 Å². The summed E-state index contributed by atoms with van der Waals surface area (Å²) in [6, 6.07) is 38.3. The van der Waals surface area contributed by atoms with Crippen LogP contribution in [-0.2, 0) is 73.9 Å². The Balaban J connectivity index is 1.22. The Kier molecular flexibility index (Phi) is 17.5. The van der Waals surface area contributed by atoms with Gasteiger partial charge in [-0.25, -0.2) is 0 Å². The molecule has 0 radical (unpaired) electrons. The van der Waals surface area contributed by atoms with Crippen LogP contribution >= 0.6 is 0 Å². The molecule has 3 aliphatic rings. The predicted molar refractivity (Wildman–Crippen MR) is 234 cm³/mol. The number of nitrogens with one attached hydrogen (secondary N) is 1. The molecule has 4 N–H and O–H groups in total. The maximum Gasteiger partial charge on any atom is 0.217 e. The first-order valence-electron chi connectivity index (χ1n) is 22.2. The van der Waals surface area contributed by atoms with Gasteiger partial charge in [0.15, 0.2) is 12.6 Å². The molecule has 3 heterocycles. The van der Waals surface area contributed by atoms with Crippen LogP contribution in [0.2, 0.25) is 0 Å². The summed E-state index contributed by atoms with van der Waals surface area (Å²) in [5.41, 5.74) is 3.91. The van der Waals surface area contributed by atoms with E-state index in [1.54, 1.807) is 0 Å². The van der Waals surface area contributed by atoms with Crippen molar-refractivity contribution >= 4 is 5.91 Å². The lowest BCUT2D eigenvalue weighted by Gasteiger charge is -2.51. The molecule has 0 aromatic heterocycles. The van der Waals surface area contributed by atoms with Crippen molar-refractivity contribution in [3.05, 3.63) is 144 Å². The normalized spacial score (nSPS) is 33.1. The van der Waals surface area contributed by atoms with Gasteiger partial charge in [-0.3, -0.25) is 4.79 Å². The minimum absolute atomic E-state index is 0.150. The third-order valence-electron chi connectivity index (χ3n) is 12.0. The summed E-state index contributed by atoms with van der Waals surface area (Å²) < 4.78 is 60.1. The Morgan fingerprint density at radius 2 is 1.00 bits per heavy atom. The van der Waals surface area contributed by atoms with Crippen molar-refractivity contribution in [2.24, 2.45) is 5.92 Å². The number of aliphatic hydroxyl groups excluding tert-OH is 3. The van der Waals surface area contributed by atoms with Crippen molar-refractivity contribution in [1.82, 2.24) is 5.32 Å². The van der Waals surface area contributed by atoms with Crippen LogP contribution in [0.4, 0.5) is 0 Å². The lowest BCUT2D eigenvalue weighted by atomic mass is 9.90. The molecule has 3 fully saturated rings. The van der Waals surface area contributed by atoms with E-state index in [2.05, 4.69) is 5.32 Å². The predicted octanol–water partition coefficient (Wildman–Crippen LogP) is 4.84. The number of carbonyl (C=O) groups is 1. The van der Waals surface area contributed by atoms with Crippen LogP contribution in [0.25, 0.3) is 0 Å². The molecular weight excluding hydrogens is 823 g/mol. The second kappa shape index (κ2) is 23.4. The average molecular weight is 886 g/mol. The summed E-state index contributed by atoms with van der Waals surface area (Å²) in [7, 11) is 0. The molecule has 0 bridgehead atoms. The summed E-state index contributed by atoms with van der Waals surface area (Å²) >= 11 is 0. The minimum atomic E-state index is -1.53. The highest BCUT2D eigenvalue weighted by Gasteiger charge is 2.54. The van der Waals surface area contributed by atoms with Gasteiger partial charge >= 0.3 is 0 Å². The van der Waals surface area contributed by atoms with E-state index in [0.29, 0.717) is 19.8 Å². The highest BCUT2D eigenvalue weighted by atomic mass is 16.7. The Morgan fingerprint density at radius 3 is 1.52 bits per heavy atom. The maximum absolute atomic E-state index is 12.4. The second-order valence-electron chi connectivity index (χ2n) is 16.9. The van der Waals surface area contributed by atoms with Gasteiger partial charge in [0, 0.05) is 12.8 Å². The first-order chi connectivity index (χ1) is 31.1. The summed E-state index contributed by atoms with van der Waals surface area (Å²) in [6.07, 6.45) is -12.1. The van der Waals surface area contributed by atoms with Crippen molar-refractivity contribution in [3.8, 4) is 0 Å². The molecule has 15 atom stereocenters. The smallest absolute Gasteiger partial charge is 0.217 e. The Bertz CT molecular complexity index is 1970. The highest BCUT2D eigenvalue weighted by Crippen LogP contribution is 2.38. The van der Waals surface area contributed by atoms with E-state index in [4.69, 9.17) is 42.6 Å².